The second-order valence-electron chi connectivity index (χ2n) is 20.4. The lowest BCUT2D eigenvalue weighted by molar-refractivity contribution is -0.144. The van der Waals surface area contributed by atoms with Crippen molar-refractivity contribution < 1.29 is 55.0 Å². The Morgan fingerprint density at radius 3 is 1.18 bits per heavy atom. The zero-order chi connectivity index (χ0) is 60.4. The lowest BCUT2D eigenvalue weighted by Crippen LogP contribution is -2.56. The van der Waals surface area contributed by atoms with Crippen molar-refractivity contribution in [3.63, 3.8) is 0 Å². The smallest absolute Gasteiger partial charge is 0.433 e. The number of aromatic nitrogens is 6. The number of ether oxygens (including phenoxy) is 2. The van der Waals surface area contributed by atoms with Crippen LogP contribution in [-0.4, -0.2) is 152 Å². The second kappa shape index (κ2) is 24.5. The van der Waals surface area contributed by atoms with E-state index in [4.69, 9.17) is 9.47 Å². The highest BCUT2D eigenvalue weighted by Gasteiger charge is 2.43. The van der Waals surface area contributed by atoms with Crippen LogP contribution in [0.25, 0.3) is 33.8 Å². The average molecular weight is 1160 g/mol. The lowest BCUT2D eigenvalue weighted by Gasteiger charge is -2.42. The van der Waals surface area contributed by atoms with E-state index in [1.54, 1.807) is 72.4 Å². The molecule has 0 spiro atoms. The molecule has 24 heteroatoms. The van der Waals surface area contributed by atoms with Gasteiger partial charge in [-0.25, -0.2) is 19.0 Å². The van der Waals surface area contributed by atoms with Crippen molar-refractivity contribution in [1.82, 2.24) is 59.4 Å². The van der Waals surface area contributed by atoms with Gasteiger partial charge in [0.2, 0.25) is 11.8 Å². The molecule has 4 aromatic carbocycles. The number of halogens is 6. The summed E-state index contributed by atoms with van der Waals surface area (Å²) in [7, 11) is 6.16. The third-order valence-electron chi connectivity index (χ3n) is 15.3. The summed E-state index contributed by atoms with van der Waals surface area (Å²) in [5.74, 6) is -0.181. The number of carbonyl (C=O) groups is 4. The number of fused-ring (bicyclic) bond motifs is 2. The van der Waals surface area contributed by atoms with Gasteiger partial charge < -0.3 is 29.9 Å². The Kier molecular flexibility index (Phi) is 17.4. The summed E-state index contributed by atoms with van der Waals surface area (Å²) < 4.78 is 97.7. The van der Waals surface area contributed by atoms with Crippen LogP contribution < -0.4 is 20.1 Å². The molecular weight excluding hydrogens is 1100 g/mol. The Bertz CT molecular complexity index is 3450. The predicted molar refractivity (Wildman–Crippen MR) is 300 cm³/mol. The Morgan fingerprint density at radius 1 is 0.536 bits per heavy atom. The van der Waals surface area contributed by atoms with E-state index in [-0.39, 0.29) is 81.9 Å². The number of piperazine rings is 2. The van der Waals surface area contributed by atoms with Gasteiger partial charge >= 0.3 is 12.4 Å². The summed E-state index contributed by atoms with van der Waals surface area (Å²) in [6.45, 7) is 8.46. The van der Waals surface area contributed by atoms with Gasteiger partial charge in [-0.05, 0) is 87.4 Å². The predicted octanol–water partition coefficient (Wildman–Crippen LogP) is 8.73. The average Bonchev–Trinajstić information content (AvgIpc) is 1.68. The number of alkyl halides is 6. The van der Waals surface area contributed by atoms with Crippen molar-refractivity contribution in [2.45, 2.75) is 64.2 Å². The molecule has 0 radical (unpaired) electrons. The fraction of sp³-hybridized carbons (Fsp3) is 0.333. The second-order valence-corrected chi connectivity index (χ2v) is 20.4. The molecule has 8 aromatic rings. The van der Waals surface area contributed by atoms with Crippen LogP contribution in [0, 0.1) is 13.8 Å². The van der Waals surface area contributed by atoms with Crippen molar-refractivity contribution in [3.8, 4) is 34.0 Å². The topological polar surface area (TPSA) is 184 Å². The summed E-state index contributed by atoms with van der Waals surface area (Å²) in [4.78, 5) is 69.6. The Hall–Kier alpha value is -8.90. The maximum atomic E-state index is 14.3. The van der Waals surface area contributed by atoms with Crippen LogP contribution >= 0.6 is 0 Å². The maximum absolute atomic E-state index is 14.3. The number of hydrogen-bond acceptors (Lipinski definition) is 12. The van der Waals surface area contributed by atoms with E-state index < -0.39 is 47.6 Å². The van der Waals surface area contributed by atoms with Gasteiger partial charge in [-0.1, -0.05) is 60.7 Å². The summed E-state index contributed by atoms with van der Waals surface area (Å²) in [6, 6.07) is 30.0. The van der Waals surface area contributed by atoms with Crippen molar-refractivity contribution in [2.75, 3.05) is 67.6 Å². The lowest BCUT2D eigenvalue weighted by atomic mass is 10.0. The molecule has 2 N–H and O–H groups in total. The first-order valence-corrected chi connectivity index (χ1v) is 26.9. The van der Waals surface area contributed by atoms with Crippen molar-refractivity contribution in [3.05, 3.63) is 166 Å². The van der Waals surface area contributed by atoms with Crippen LogP contribution in [0.1, 0.15) is 80.3 Å². The van der Waals surface area contributed by atoms with Gasteiger partial charge in [-0.15, -0.1) is 0 Å². The number of hydrogen-bond donors (Lipinski definition) is 2. The van der Waals surface area contributed by atoms with Crippen molar-refractivity contribution in [2.24, 2.45) is 0 Å². The quantitative estimate of drug-likeness (QED) is 0.111. The number of likely N-dealkylation sites (N-methyl/N-ethyl adjacent to an activating group) is 2. The number of amides is 4. The molecule has 10 rings (SSSR count). The molecule has 0 saturated carbocycles. The van der Waals surface area contributed by atoms with Gasteiger partial charge in [0.15, 0.2) is 22.7 Å². The monoisotopic (exact) mass is 1160 g/mol. The van der Waals surface area contributed by atoms with E-state index >= 15 is 0 Å². The molecule has 2 fully saturated rings. The van der Waals surface area contributed by atoms with Crippen molar-refractivity contribution >= 4 is 34.9 Å². The highest BCUT2D eigenvalue weighted by Crippen LogP contribution is 2.39. The number of benzene rings is 4. The van der Waals surface area contributed by atoms with Crippen LogP contribution in [0.4, 0.5) is 26.3 Å². The molecule has 2 aliphatic rings. The van der Waals surface area contributed by atoms with E-state index in [1.807, 2.05) is 84.3 Å². The van der Waals surface area contributed by atoms with Crippen LogP contribution in [0.2, 0.25) is 0 Å². The SMILES string of the molecule is CNC(=O)[C@@H](c1ccccc1)N1CCN(C(=O)c2cnn3c(C(F)(F)F)c(C)c(-c4ccc(OC)cc4)nc23)[C@H](C)C1.CNC(=O)[C@H](c1ccccc1)N1CCN(C(=O)c2cnn3c(C(F)(F)F)c(C)c(-c4ccc(OC)cc4)nc23)[C@H](C)C1. The molecular formula is C60H62F6N12O6. The molecule has 84 heavy (non-hydrogen) atoms. The first-order chi connectivity index (χ1) is 40.1. The zero-order valence-corrected chi connectivity index (χ0v) is 47.3. The van der Waals surface area contributed by atoms with Crippen LogP contribution in [-0.2, 0) is 21.9 Å². The number of rotatable bonds is 12. The van der Waals surface area contributed by atoms with Gasteiger partial charge in [0.05, 0.1) is 38.0 Å². The minimum atomic E-state index is -4.75. The standard InChI is InChI=1S/2C30H31F3N6O3/c2*1-18-17-37(25(28(40)34-3)21-8-6-5-7-9-21)14-15-38(18)29(41)23-16-35-39-26(30(31,32)33)19(2)24(36-27(23)39)20-10-12-22(42-4)13-11-20/h2*5-13,16,18,25H,14-15,17H2,1-4H3,(H,34,40)/t18-,25+;18-,25-/m11/s1. The highest BCUT2D eigenvalue weighted by atomic mass is 19.4. The Morgan fingerprint density at radius 2 is 0.881 bits per heavy atom. The molecule has 440 valence electrons. The maximum Gasteiger partial charge on any atom is 0.433 e. The van der Waals surface area contributed by atoms with Crippen LogP contribution in [0.5, 0.6) is 11.5 Å². The van der Waals surface area contributed by atoms with Crippen molar-refractivity contribution in [1.29, 1.82) is 0 Å². The number of nitrogens with one attached hydrogen (secondary N) is 2. The summed E-state index contributed by atoms with van der Waals surface area (Å²) in [6.07, 6.45) is -7.20. The summed E-state index contributed by atoms with van der Waals surface area (Å²) in [5, 5.41) is 13.4. The van der Waals surface area contributed by atoms with Gasteiger partial charge in [0.1, 0.15) is 34.7 Å². The molecule has 2 aliphatic heterocycles. The van der Waals surface area contributed by atoms with Gasteiger partial charge in [-0.3, -0.25) is 29.0 Å². The Labute approximate surface area is 480 Å². The highest BCUT2D eigenvalue weighted by molar-refractivity contribution is 6.01. The normalized spacial score (nSPS) is 16.8. The first-order valence-electron chi connectivity index (χ1n) is 26.9. The molecule has 4 amide bonds. The molecule has 18 nitrogen and oxygen atoms in total. The third kappa shape index (κ3) is 11.8. The number of methoxy groups -OCH3 is 2. The molecule has 4 aromatic heterocycles. The minimum absolute atomic E-state index is 0.0264. The van der Waals surface area contributed by atoms with E-state index in [2.05, 4.69) is 30.8 Å². The van der Waals surface area contributed by atoms with E-state index in [0.29, 0.717) is 57.8 Å². The molecule has 0 unspecified atom stereocenters. The molecule has 4 atom stereocenters. The molecule has 6 heterocycles. The fourth-order valence-corrected chi connectivity index (χ4v) is 11.1. The third-order valence-corrected chi connectivity index (χ3v) is 15.3. The van der Waals surface area contributed by atoms with Gasteiger partial charge in [-0.2, -0.15) is 36.5 Å². The molecule has 0 bridgehead atoms. The van der Waals surface area contributed by atoms with Gasteiger partial charge in [0, 0.05) is 87.7 Å². The summed E-state index contributed by atoms with van der Waals surface area (Å²) >= 11 is 0. The van der Waals surface area contributed by atoms with Crippen LogP contribution in [0.3, 0.4) is 0 Å². The minimum Gasteiger partial charge on any atom is -0.497 e. The van der Waals surface area contributed by atoms with E-state index in [9.17, 15) is 45.5 Å². The fourth-order valence-electron chi connectivity index (χ4n) is 11.1. The zero-order valence-electron chi connectivity index (χ0n) is 47.3. The van der Waals surface area contributed by atoms with E-state index in [0.717, 1.165) is 23.5 Å². The number of nitrogens with zero attached hydrogens (tertiary/aromatic N) is 10. The molecule has 2 saturated heterocycles. The largest absolute Gasteiger partial charge is 0.497 e. The number of carbonyl (C=O) groups excluding carboxylic acids is 4. The molecule has 0 aliphatic carbocycles. The summed E-state index contributed by atoms with van der Waals surface area (Å²) in [5.41, 5.74) is 0.150. The van der Waals surface area contributed by atoms with Gasteiger partial charge in [0.25, 0.3) is 11.8 Å². The first kappa shape index (κ1) is 59.7. The Balaban J connectivity index is 0.000000202. The van der Waals surface area contributed by atoms with E-state index in [1.165, 1.54) is 28.1 Å². The van der Waals surface area contributed by atoms with Crippen LogP contribution in [0.15, 0.2) is 122 Å².